The monoisotopic (exact) mass is 352 g/mol. The van der Waals surface area contributed by atoms with Gasteiger partial charge in [0.15, 0.2) is 0 Å². The Bertz CT molecular complexity index is 496. The van der Waals surface area contributed by atoms with Crippen LogP contribution < -0.4 is 5.32 Å². The van der Waals surface area contributed by atoms with Crippen molar-refractivity contribution < 1.29 is 32.6 Å². The van der Waals surface area contributed by atoms with Gasteiger partial charge in [0.2, 0.25) is 0 Å². The molecule has 2 rings (SSSR count). The van der Waals surface area contributed by atoms with Crippen LogP contribution in [0.25, 0.3) is 0 Å². The number of amides is 2. The molecule has 0 aromatic heterocycles. The zero-order valence-corrected chi connectivity index (χ0v) is 13.7. The zero-order chi connectivity index (χ0) is 18.1. The molecule has 1 unspecified atom stereocenters. The Morgan fingerprint density at radius 3 is 2.50 bits per heavy atom. The van der Waals surface area contributed by atoms with Crippen molar-refractivity contribution >= 4 is 12.0 Å². The minimum absolute atomic E-state index is 0.189. The molecule has 0 aliphatic carbocycles. The van der Waals surface area contributed by atoms with Crippen molar-refractivity contribution in [2.45, 2.75) is 38.5 Å². The second kappa shape index (κ2) is 6.78. The van der Waals surface area contributed by atoms with E-state index in [4.69, 9.17) is 9.84 Å². The summed E-state index contributed by atoms with van der Waals surface area (Å²) < 4.78 is 44.4. The molecule has 0 aromatic rings. The number of alkyl halides is 3. The third kappa shape index (κ3) is 4.52. The summed E-state index contributed by atoms with van der Waals surface area (Å²) in [5.41, 5.74) is -0.281. The summed E-state index contributed by atoms with van der Waals surface area (Å²) in [6.45, 7) is 3.78. The van der Waals surface area contributed by atoms with Crippen molar-refractivity contribution in [3.63, 3.8) is 0 Å². The predicted octanol–water partition coefficient (Wildman–Crippen LogP) is 2.10. The highest BCUT2D eigenvalue weighted by Crippen LogP contribution is 2.37. The van der Waals surface area contributed by atoms with E-state index in [0.717, 1.165) is 17.7 Å². The van der Waals surface area contributed by atoms with E-state index in [1.165, 1.54) is 0 Å². The minimum Gasteiger partial charge on any atom is -0.481 e. The summed E-state index contributed by atoms with van der Waals surface area (Å²) in [4.78, 5) is 24.1. The lowest BCUT2D eigenvalue weighted by molar-refractivity contribution is -0.187. The molecule has 6 nitrogen and oxygen atoms in total. The Morgan fingerprint density at radius 1 is 1.33 bits per heavy atom. The highest BCUT2D eigenvalue weighted by Gasteiger charge is 2.53. The number of hydrogen-bond donors (Lipinski definition) is 2. The second-order valence-electron chi connectivity index (χ2n) is 7.15. The van der Waals surface area contributed by atoms with Crippen LogP contribution in [0, 0.1) is 17.8 Å². The lowest BCUT2D eigenvalue weighted by atomic mass is 9.88. The molecule has 0 bridgehead atoms. The first-order valence-electron chi connectivity index (χ1n) is 7.96. The van der Waals surface area contributed by atoms with Crippen LogP contribution in [0.1, 0.15) is 26.7 Å². The van der Waals surface area contributed by atoms with Gasteiger partial charge in [-0.2, -0.15) is 13.2 Å². The van der Waals surface area contributed by atoms with E-state index in [0.29, 0.717) is 13.2 Å². The average molecular weight is 352 g/mol. The summed E-state index contributed by atoms with van der Waals surface area (Å²) in [6, 6.07) is -0.641. The Labute approximate surface area is 138 Å². The number of carbonyl (C=O) groups is 2. The smallest absolute Gasteiger partial charge is 0.394 e. The molecular weight excluding hydrogens is 329 g/mol. The molecule has 2 amide bonds. The summed E-state index contributed by atoms with van der Waals surface area (Å²) in [5, 5.41) is 11.6. The molecule has 3 atom stereocenters. The molecule has 2 fully saturated rings. The molecule has 0 aromatic carbocycles. The third-order valence-corrected chi connectivity index (χ3v) is 4.69. The van der Waals surface area contributed by atoms with Gasteiger partial charge in [0.05, 0.1) is 17.4 Å². The van der Waals surface area contributed by atoms with Gasteiger partial charge in [0.1, 0.15) is 0 Å². The Morgan fingerprint density at radius 2 is 2.00 bits per heavy atom. The van der Waals surface area contributed by atoms with Gasteiger partial charge in [0, 0.05) is 26.2 Å². The first-order chi connectivity index (χ1) is 11.0. The van der Waals surface area contributed by atoms with E-state index in [1.54, 1.807) is 0 Å². The van der Waals surface area contributed by atoms with Gasteiger partial charge in [0.25, 0.3) is 0 Å². The van der Waals surface area contributed by atoms with Crippen molar-refractivity contribution in [2.75, 3.05) is 26.2 Å². The van der Waals surface area contributed by atoms with Crippen LogP contribution in [-0.2, 0) is 9.53 Å². The topological polar surface area (TPSA) is 78.9 Å². The largest absolute Gasteiger partial charge is 0.481 e. The quantitative estimate of drug-likeness (QED) is 0.815. The number of urea groups is 1. The van der Waals surface area contributed by atoms with Gasteiger partial charge in [-0.3, -0.25) is 4.79 Å². The molecule has 0 spiro atoms. The zero-order valence-electron chi connectivity index (χ0n) is 13.7. The summed E-state index contributed by atoms with van der Waals surface area (Å²) in [6.07, 6.45) is -3.12. The molecule has 138 valence electrons. The SMILES string of the molecule is CC1(C)CC(CNC(=O)N2C[C@@H](C(F)(F)F)[C@H](C(=O)O)C2)CCO1. The lowest BCUT2D eigenvalue weighted by Crippen LogP contribution is -2.44. The second-order valence-corrected chi connectivity index (χ2v) is 7.15. The number of aliphatic carboxylic acids is 1. The van der Waals surface area contributed by atoms with E-state index in [2.05, 4.69) is 5.32 Å². The normalized spacial score (nSPS) is 30.2. The van der Waals surface area contributed by atoms with Gasteiger partial charge in [-0.05, 0) is 32.6 Å². The number of nitrogens with one attached hydrogen (secondary N) is 1. The van der Waals surface area contributed by atoms with Crippen LogP contribution in [0.3, 0.4) is 0 Å². The number of carboxylic acid groups (broad SMARTS) is 1. The molecule has 2 N–H and O–H groups in total. The summed E-state index contributed by atoms with van der Waals surface area (Å²) in [5.74, 6) is -4.98. The Balaban J connectivity index is 1.90. The van der Waals surface area contributed by atoms with Crippen molar-refractivity contribution in [3.05, 3.63) is 0 Å². The number of ether oxygens (including phenoxy) is 1. The maximum Gasteiger partial charge on any atom is 0.394 e. The van der Waals surface area contributed by atoms with E-state index in [1.807, 2.05) is 13.8 Å². The Kier molecular flexibility index (Phi) is 5.31. The first kappa shape index (κ1) is 18.8. The molecule has 0 radical (unpaired) electrons. The maximum absolute atomic E-state index is 12.9. The van der Waals surface area contributed by atoms with Crippen LogP contribution in [0.15, 0.2) is 0 Å². The standard InChI is InChI=1S/C15H23F3N2O4/c1-14(2)5-9(3-4-24-14)6-19-13(23)20-7-10(12(21)22)11(8-20)15(16,17)18/h9-11H,3-8H2,1-2H3,(H,19,23)(H,21,22)/t9?,10-,11-/m1/s1. The number of rotatable bonds is 3. The number of carbonyl (C=O) groups excluding carboxylic acids is 1. The fraction of sp³-hybridized carbons (Fsp3) is 0.867. The molecule has 2 aliphatic heterocycles. The van der Waals surface area contributed by atoms with Gasteiger partial charge in [-0.15, -0.1) is 0 Å². The van der Waals surface area contributed by atoms with Crippen LogP contribution in [-0.4, -0.2) is 60.0 Å². The van der Waals surface area contributed by atoms with Crippen LogP contribution in [0.4, 0.5) is 18.0 Å². The highest BCUT2D eigenvalue weighted by molar-refractivity contribution is 5.77. The molecule has 2 saturated heterocycles. The number of likely N-dealkylation sites (tertiary alicyclic amines) is 1. The molecule has 9 heteroatoms. The van der Waals surface area contributed by atoms with E-state index >= 15 is 0 Å². The fourth-order valence-electron chi connectivity index (χ4n) is 3.43. The highest BCUT2D eigenvalue weighted by atomic mass is 19.4. The van der Waals surface area contributed by atoms with Gasteiger partial charge in [-0.25, -0.2) is 4.79 Å². The fourth-order valence-corrected chi connectivity index (χ4v) is 3.43. The number of carboxylic acids is 1. The molecule has 0 saturated carbocycles. The first-order valence-corrected chi connectivity index (χ1v) is 7.96. The molecule has 24 heavy (non-hydrogen) atoms. The molecular formula is C15H23F3N2O4. The third-order valence-electron chi connectivity index (χ3n) is 4.69. The van der Waals surface area contributed by atoms with E-state index in [-0.39, 0.29) is 11.5 Å². The van der Waals surface area contributed by atoms with Crippen molar-refractivity contribution in [1.29, 1.82) is 0 Å². The average Bonchev–Trinajstić information content (AvgIpc) is 2.89. The Hall–Kier alpha value is -1.51. The van der Waals surface area contributed by atoms with E-state index in [9.17, 15) is 22.8 Å². The minimum atomic E-state index is -4.64. The summed E-state index contributed by atoms with van der Waals surface area (Å²) in [7, 11) is 0. The molecule has 2 aliphatic rings. The summed E-state index contributed by atoms with van der Waals surface area (Å²) >= 11 is 0. The van der Waals surface area contributed by atoms with Gasteiger partial charge in [-0.1, -0.05) is 0 Å². The number of nitrogens with zero attached hydrogens (tertiary/aromatic N) is 1. The van der Waals surface area contributed by atoms with Crippen molar-refractivity contribution in [2.24, 2.45) is 17.8 Å². The number of hydrogen-bond acceptors (Lipinski definition) is 3. The van der Waals surface area contributed by atoms with Crippen LogP contribution >= 0.6 is 0 Å². The number of halogens is 3. The van der Waals surface area contributed by atoms with Gasteiger partial charge < -0.3 is 20.1 Å². The van der Waals surface area contributed by atoms with Crippen molar-refractivity contribution in [1.82, 2.24) is 10.2 Å². The predicted molar refractivity (Wildman–Crippen MR) is 78.4 cm³/mol. The maximum atomic E-state index is 12.9. The van der Waals surface area contributed by atoms with Crippen LogP contribution in [0.2, 0.25) is 0 Å². The van der Waals surface area contributed by atoms with Crippen molar-refractivity contribution in [3.8, 4) is 0 Å². The van der Waals surface area contributed by atoms with Gasteiger partial charge >= 0.3 is 18.2 Å². The molecule has 2 heterocycles. The van der Waals surface area contributed by atoms with E-state index < -0.39 is 43.1 Å². The lowest BCUT2D eigenvalue weighted by Gasteiger charge is -2.35. The van der Waals surface area contributed by atoms with Crippen LogP contribution in [0.5, 0.6) is 0 Å².